The van der Waals surface area contributed by atoms with Crippen LogP contribution in [0.1, 0.15) is 42.3 Å². The molecule has 0 radical (unpaired) electrons. The van der Waals surface area contributed by atoms with E-state index in [-0.39, 0.29) is 11.9 Å². The van der Waals surface area contributed by atoms with E-state index >= 15 is 0 Å². The Balaban J connectivity index is 2.05. The quantitative estimate of drug-likeness (QED) is 0.855. The fourth-order valence-corrected chi connectivity index (χ4v) is 2.49. The zero-order valence-corrected chi connectivity index (χ0v) is 10.3. The van der Waals surface area contributed by atoms with E-state index in [0.717, 1.165) is 12.8 Å². The first-order valence-electron chi connectivity index (χ1n) is 6.23. The first-order valence-corrected chi connectivity index (χ1v) is 6.23. The number of aliphatic carboxylic acids is 1. The highest BCUT2D eigenvalue weighted by molar-refractivity contribution is 5.95. The summed E-state index contributed by atoms with van der Waals surface area (Å²) in [5, 5.41) is 11.9. The molecule has 1 aromatic rings. The molecule has 2 atom stereocenters. The van der Waals surface area contributed by atoms with Crippen LogP contribution in [0.5, 0.6) is 0 Å². The van der Waals surface area contributed by atoms with Gasteiger partial charge in [-0.15, -0.1) is 0 Å². The Hall–Kier alpha value is -1.78. The van der Waals surface area contributed by atoms with E-state index in [4.69, 9.17) is 9.52 Å². The third-order valence-electron chi connectivity index (χ3n) is 3.46. The van der Waals surface area contributed by atoms with Gasteiger partial charge in [0.1, 0.15) is 5.76 Å². The predicted molar refractivity (Wildman–Crippen MR) is 64.3 cm³/mol. The van der Waals surface area contributed by atoms with Gasteiger partial charge in [0.15, 0.2) is 0 Å². The molecule has 1 saturated carbocycles. The van der Waals surface area contributed by atoms with E-state index in [1.54, 1.807) is 6.07 Å². The van der Waals surface area contributed by atoms with Crippen LogP contribution in [0.15, 0.2) is 16.7 Å². The Morgan fingerprint density at radius 3 is 2.94 bits per heavy atom. The fourth-order valence-electron chi connectivity index (χ4n) is 2.49. The monoisotopic (exact) mass is 251 g/mol. The molecule has 5 nitrogen and oxygen atoms in total. The molecule has 5 heteroatoms. The molecule has 1 aromatic heterocycles. The number of carboxylic acid groups (broad SMARTS) is 1. The molecule has 0 spiro atoms. The molecule has 0 unspecified atom stereocenters. The summed E-state index contributed by atoms with van der Waals surface area (Å²) in [5.74, 6) is -0.900. The molecule has 1 aliphatic rings. The molecule has 1 amide bonds. The molecule has 2 rings (SSSR count). The van der Waals surface area contributed by atoms with Gasteiger partial charge < -0.3 is 14.8 Å². The van der Waals surface area contributed by atoms with Crippen LogP contribution in [0.2, 0.25) is 0 Å². The van der Waals surface area contributed by atoms with Crippen molar-refractivity contribution in [3.8, 4) is 0 Å². The van der Waals surface area contributed by atoms with Crippen molar-refractivity contribution < 1.29 is 19.1 Å². The van der Waals surface area contributed by atoms with Crippen molar-refractivity contribution in [2.24, 2.45) is 5.92 Å². The molecule has 1 fully saturated rings. The molecule has 18 heavy (non-hydrogen) atoms. The number of nitrogens with one attached hydrogen (secondary N) is 1. The molecule has 1 aliphatic carbocycles. The van der Waals surface area contributed by atoms with Crippen LogP contribution in [-0.4, -0.2) is 23.0 Å². The molecule has 0 bridgehead atoms. The van der Waals surface area contributed by atoms with Gasteiger partial charge in [0.25, 0.3) is 5.91 Å². The number of rotatable bonds is 4. The lowest BCUT2D eigenvalue weighted by Gasteiger charge is -2.17. The van der Waals surface area contributed by atoms with Crippen LogP contribution in [0.25, 0.3) is 0 Å². The van der Waals surface area contributed by atoms with Crippen molar-refractivity contribution in [2.45, 2.75) is 38.6 Å². The lowest BCUT2D eigenvalue weighted by molar-refractivity contribution is -0.142. The van der Waals surface area contributed by atoms with Gasteiger partial charge in [0.2, 0.25) is 0 Å². The molecular formula is C13H17NO4. The maximum atomic E-state index is 12.0. The van der Waals surface area contributed by atoms with Crippen LogP contribution in [0.4, 0.5) is 0 Å². The van der Waals surface area contributed by atoms with Crippen molar-refractivity contribution in [1.29, 1.82) is 0 Å². The number of carbonyl (C=O) groups is 2. The number of furan rings is 1. The minimum atomic E-state index is -0.833. The van der Waals surface area contributed by atoms with Crippen LogP contribution in [0.3, 0.4) is 0 Å². The van der Waals surface area contributed by atoms with Gasteiger partial charge in [-0.1, -0.05) is 13.3 Å². The Kier molecular flexibility index (Phi) is 3.69. The van der Waals surface area contributed by atoms with Gasteiger partial charge in [-0.3, -0.25) is 9.59 Å². The first-order chi connectivity index (χ1) is 8.63. The number of carboxylic acids is 1. The van der Waals surface area contributed by atoms with Crippen LogP contribution in [-0.2, 0) is 11.2 Å². The maximum Gasteiger partial charge on any atom is 0.308 e. The Morgan fingerprint density at radius 1 is 1.50 bits per heavy atom. The fraction of sp³-hybridized carbons (Fsp3) is 0.538. The Morgan fingerprint density at radius 2 is 2.28 bits per heavy atom. The molecule has 98 valence electrons. The number of hydrogen-bond donors (Lipinski definition) is 2. The number of amides is 1. The lowest BCUT2D eigenvalue weighted by Crippen LogP contribution is -2.40. The molecule has 0 saturated heterocycles. The second-order valence-electron chi connectivity index (χ2n) is 4.57. The zero-order chi connectivity index (χ0) is 13.1. The van der Waals surface area contributed by atoms with Gasteiger partial charge in [-0.05, 0) is 18.9 Å². The summed E-state index contributed by atoms with van der Waals surface area (Å²) in [7, 11) is 0. The number of aryl methyl sites for hydroxylation is 1. The van der Waals surface area contributed by atoms with Crippen LogP contribution < -0.4 is 5.32 Å². The van der Waals surface area contributed by atoms with Crippen LogP contribution >= 0.6 is 0 Å². The van der Waals surface area contributed by atoms with E-state index in [1.165, 1.54) is 6.26 Å². The third-order valence-corrected chi connectivity index (χ3v) is 3.46. The summed E-state index contributed by atoms with van der Waals surface area (Å²) in [6.07, 6.45) is 4.32. The first kappa shape index (κ1) is 12.7. The van der Waals surface area contributed by atoms with Crippen molar-refractivity contribution in [2.75, 3.05) is 0 Å². The highest BCUT2D eigenvalue weighted by Gasteiger charge is 2.34. The average Bonchev–Trinajstić information content (AvgIpc) is 2.96. The highest BCUT2D eigenvalue weighted by Crippen LogP contribution is 2.26. The normalized spacial score (nSPS) is 22.9. The van der Waals surface area contributed by atoms with Gasteiger partial charge in [-0.2, -0.15) is 0 Å². The van der Waals surface area contributed by atoms with E-state index < -0.39 is 11.9 Å². The van der Waals surface area contributed by atoms with Crippen molar-refractivity contribution in [3.63, 3.8) is 0 Å². The van der Waals surface area contributed by atoms with Crippen molar-refractivity contribution in [3.05, 3.63) is 23.7 Å². The summed E-state index contributed by atoms with van der Waals surface area (Å²) in [4.78, 5) is 23.1. The molecule has 2 N–H and O–H groups in total. The minimum absolute atomic E-state index is 0.237. The van der Waals surface area contributed by atoms with Gasteiger partial charge >= 0.3 is 5.97 Å². The Bertz CT molecular complexity index is 452. The largest absolute Gasteiger partial charge is 0.481 e. The van der Waals surface area contributed by atoms with Crippen LogP contribution in [0, 0.1) is 5.92 Å². The predicted octanol–water partition coefficient (Wildman–Crippen LogP) is 1.83. The third kappa shape index (κ3) is 2.39. The molecule has 1 heterocycles. The maximum absolute atomic E-state index is 12.0. The van der Waals surface area contributed by atoms with Crippen molar-refractivity contribution in [1.82, 2.24) is 5.32 Å². The van der Waals surface area contributed by atoms with Gasteiger partial charge in [0.05, 0.1) is 17.7 Å². The van der Waals surface area contributed by atoms with E-state index in [2.05, 4.69) is 5.32 Å². The number of hydrogen-bond acceptors (Lipinski definition) is 3. The van der Waals surface area contributed by atoms with E-state index in [0.29, 0.717) is 24.2 Å². The molecular weight excluding hydrogens is 234 g/mol. The second kappa shape index (κ2) is 5.25. The van der Waals surface area contributed by atoms with E-state index in [1.807, 2.05) is 6.92 Å². The summed E-state index contributed by atoms with van der Waals surface area (Å²) >= 11 is 0. The molecule has 0 aliphatic heterocycles. The minimum Gasteiger partial charge on any atom is -0.481 e. The second-order valence-corrected chi connectivity index (χ2v) is 4.57. The number of carbonyl (C=O) groups excluding carboxylic acids is 1. The zero-order valence-electron chi connectivity index (χ0n) is 10.3. The summed E-state index contributed by atoms with van der Waals surface area (Å²) in [5.41, 5.74) is 0.508. The summed E-state index contributed by atoms with van der Waals surface area (Å²) in [6, 6.07) is 1.36. The summed E-state index contributed by atoms with van der Waals surface area (Å²) in [6.45, 7) is 1.91. The standard InChI is InChI=1S/C13H17NO4/c1-2-11-9(6-7-18-11)12(15)14-10-5-3-4-8(10)13(16)17/h6-8,10H,2-5H2,1H3,(H,14,15)(H,16,17)/t8-,10+/m0/s1. The highest BCUT2D eigenvalue weighted by atomic mass is 16.4. The average molecular weight is 251 g/mol. The topological polar surface area (TPSA) is 79.5 Å². The SMILES string of the molecule is CCc1occc1C(=O)N[C@@H]1CCC[C@@H]1C(=O)O. The van der Waals surface area contributed by atoms with Crippen molar-refractivity contribution >= 4 is 11.9 Å². The Labute approximate surface area is 105 Å². The van der Waals surface area contributed by atoms with Gasteiger partial charge in [0, 0.05) is 12.5 Å². The smallest absolute Gasteiger partial charge is 0.308 e. The summed E-state index contributed by atoms with van der Waals surface area (Å²) < 4.78 is 5.20. The lowest BCUT2D eigenvalue weighted by atomic mass is 10.0. The van der Waals surface area contributed by atoms with Gasteiger partial charge in [-0.25, -0.2) is 0 Å². The van der Waals surface area contributed by atoms with E-state index in [9.17, 15) is 9.59 Å². The molecule has 0 aromatic carbocycles.